The monoisotopic (exact) mass is 500 g/mol. The van der Waals surface area contributed by atoms with Gasteiger partial charge in [0, 0.05) is 8.95 Å². The quantitative estimate of drug-likeness (QED) is 0.412. The number of benzene rings is 2. The van der Waals surface area contributed by atoms with Crippen LogP contribution in [0.1, 0.15) is 20.7 Å². The molecular formula is C14H14Br2O6Zn+2. The van der Waals surface area contributed by atoms with E-state index in [-0.39, 0.29) is 41.6 Å². The van der Waals surface area contributed by atoms with Crippen molar-refractivity contribution < 1.29 is 50.2 Å². The number of rotatable bonds is 2. The molecule has 2 rings (SSSR count). The van der Waals surface area contributed by atoms with Crippen molar-refractivity contribution in [1.82, 2.24) is 0 Å². The Kier molecular flexibility index (Phi) is 15.5. The fourth-order valence-electron chi connectivity index (χ4n) is 1.17. The van der Waals surface area contributed by atoms with Crippen molar-refractivity contribution in [2.24, 2.45) is 0 Å². The maximum atomic E-state index is 10.2. The number of aromatic carboxylic acids is 2. The van der Waals surface area contributed by atoms with E-state index < -0.39 is 11.9 Å². The number of carboxylic acids is 2. The first-order chi connectivity index (χ1) is 9.40. The zero-order valence-electron chi connectivity index (χ0n) is 11.9. The van der Waals surface area contributed by atoms with Gasteiger partial charge in [-0.25, -0.2) is 0 Å². The van der Waals surface area contributed by atoms with Crippen LogP contribution in [0.4, 0.5) is 0 Å². The Morgan fingerprint density at radius 3 is 1.04 bits per heavy atom. The molecule has 0 saturated heterocycles. The molecule has 0 atom stereocenters. The number of halogens is 2. The molecule has 0 radical (unpaired) electrons. The zero-order valence-corrected chi connectivity index (χ0v) is 18.0. The predicted molar refractivity (Wildman–Crippen MR) is 86.7 cm³/mol. The standard InChI is InChI=1S/2C7H5BrO2.2H2O.Zn/c2*8-6-3-1-5(2-4-6)7(9)10;;;/h2*1-4H,(H,9,10);2*1H2;/q;;;;+2. The first-order valence-electron chi connectivity index (χ1n) is 5.34. The molecule has 0 bridgehead atoms. The summed E-state index contributed by atoms with van der Waals surface area (Å²) in [5, 5.41) is 20.4. The molecule has 0 amide bonds. The number of carbonyl (C=O) groups excluding carboxylic acids is 2. The van der Waals surface area contributed by atoms with Crippen LogP contribution in [0.25, 0.3) is 0 Å². The van der Waals surface area contributed by atoms with E-state index in [2.05, 4.69) is 31.9 Å². The van der Waals surface area contributed by atoms with E-state index in [9.17, 15) is 19.8 Å². The molecule has 120 valence electrons. The predicted octanol–water partition coefficient (Wildman–Crippen LogP) is -0.221. The van der Waals surface area contributed by atoms with Crippen molar-refractivity contribution in [2.75, 3.05) is 0 Å². The number of carbonyl (C=O) groups is 2. The minimum absolute atomic E-state index is 0. The Morgan fingerprint density at radius 1 is 0.652 bits per heavy atom. The van der Waals surface area contributed by atoms with E-state index in [1.165, 1.54) is 24.3 Å². The van der Waals surface area contributed by atoms with Crippen molar-refractivity contribution in [3.05, 3.63) is 68.6 Å². The second kappa shape index (κ2) is 13.3. The van der Waals surface area contributed by atoms with Crippen LogP contribution in [-0.2, 0) is 30.4 Å². The van der Waals surface area contributed by atoms with Crippen molar-refractivity contribution in [1.29, 1.82) is 0 Å². The summed E-state index contributed by atoms with van der Waals surface area (Å²) in [7, 11) is 0. The molecule has 6 nitrogen and oxygen atoms in total. The Labute approximate surface area is 162 Å². The van der Waals surface area contributed by atoms with Gasteiger partial charge in [-0.15, -0.1) is 0 Å². The van der Waals surface area contributed by atoms with Crippen molar-refractivity contribution in [3.8, 4) is 0 Å². The van der Waals surface area contributed by atoms with E-state index in [1.54, 1.807) is 24.3 Å². The van der Waals surface area contributed by atoms with E-state index in [1.807, 2.05) is 0 Å². The first kappa shape index (κ1) is 26.8. The summed E-state index contributed by atoms with van der Waals surface area (Å²) in [4.78, 5) is 20.4. The molecule has 0 heterocycles. The van der Waals surface area contributed by atoms with Gasteiger partial charge in [0.2, 0.25) is 0 Å². The molecule has 6 N–H and O–H groups in total. The maximum absolute atomic E-state index is 10.2. The van der Waals surface area contributed by atoms with Crippen molar-refractivity contribution >= 4 is 43.8 Å². The van der Waals surface area contributed by atoms with Crippen LogP contribution in [0.5, 0.6) is 0 Å². The third-order valence-corrected chi connectivity index (χ3v) is 3.22. The Balaban J connectivity index is -0.000000308. The first-order valence-corrected chi connectivity index (χ1v) is 6.92. The fourth-order valence-corrected chi connectivity index (χ4v) is 1.70. The summed E-state index contributed by atoms with van der Waals surface area (Å²) in [6, 6.07) is 12.6. The van der Waals surface area contributed by atoms with E-state index in [4.69, 9.17) is 0 Å². The van der Waals surface area contributed by atoms with Crippen LogP contribution in [0.15, 0.2) is 57.5 Å². The summed E-state index contributed by atoms with van der Waals surface area (Å²) >= 11 is 6.36. The van der Waals surface area contributed by atoms with Gasteiger partial charge in [0.15, 0.2) is 0 Å². The normalized spacial score (nSPS) is 8.09. The molecule has 0 saturated carbocycles. The van der Waals surface area contributed by atoms with E-state index >= 15 is 0 Å². The smallest absolute Gasteiger partial charge is 0.545 e. The van der Waals surface area contributed by atoms with Gasteiger partial charge >= 0.3 is 19.5 Å². The van der Waals surface area contributed by atoms with E-state index in [0.717, 1.165) is 8.95 Å². The Morgan fingerprint density at radius 2 is 0.870 bits per heavy atom. The molecule has 2 aromatic rings. The maximum Gasteiger partial charge on any atom is 2.00 e. The topological polar surface area (TPSA) is 146 Å². The molecule has 0 aliphatic rings. The molecule has 0 spiro atoms. The number of hydrogen-bond donors (Lipinski definition) is 0. The van der Waals surface area contributed by atoms with Crippen LogP contribution in [-0.4, -0.2) is 11.9 Å². The van der Waals surface area contributed by atoms with Gasteiger partial charge in [0.05, 0.1) is 11.9 Å². The third-order valence-electron chi connectivity index (χ3n) is 2.16. The van der Waals surface area contributed by atoms with Crippen LogP contribution < -0.4 is 10.2 Å². The minimum atomic E-state index is -1.15. The summed E-state index contributed by atoms with van der Waals surface area (Å²) in [6.07, 6.45) is 0. The molecule has 0 aromatic heterocycles. The van der Waals surface area contributed by atoms with Crippen LogP contribution in [0, 0.1) is 0 Å². The molecule has 9 heteroatoms. The molecule has 0 aliphatic carbocycles. The SMILES string of the molecule is O=C([O-])c1ccc(Br)cc1.O=C([O-])c1ccc(Br)cc1.[OH3+].[OH3+].[Zn+2]. The third kappa shape index (κ3) is 10.3. The average Bonchev–Trinajstić information content (AvgIpc) is 2.40. The summed E-state index contributed by atoms with van der Waals surface area (Å²) in [6.45, 7) is 0. The van der Waals surface area contributed by atoms with Gasteiger partial charge in [-0.3, -0.25) is 0 Å². The molecule has 0 unspecified atom stereocenters. The number of carboxylic acid groups (broad SMARTS) is 2. The van der Waals surface area contributed by atoms with Gasteiger partial charge in [-0.1, -0.05) is 56.1 Å². The van der Waals surface area contributed by atoms with Crippen molar-refractivity contribution in [3.63, 3.8) is 0 Å². The van der Waals surface area contributed by atoms with Gasteiger partial charge < -0.3 is 30.8 Å². The van der Waals surface area contributed by atoms with Crippen LogP contribution in [0.3, 0.4) is 0 Å². The Hall–Kier alpha value is -1.12. The van der Waals surface area contributed by atoms with E-state index in [0.29, 0.717) is 0 Å². The van der Waals surface area contributed by atoms with Crippen molar-refractivity contribution in [2.45, 2.75) is 0 Å². The van der Waals surface area contributed by atoms with Crippen LogP contribution in [0.2, 0.25) is 0 Å². The zero-order chi connectivity index (χ0) is 15.1. The molecule has 0 fully saturated rings. The largest absolute Gasteiger partial charge is 2.00 e. The molecule has 0 aliphatic heterocycles. The fraction of sp³-hybridized carbons (Fsp3) is 0. The van der Waals surface area contributed by atoms with Gasteiger partial charge in [0.1, 0.15) is 0 Å². The van der Waals surface area contributed by atoms with Gasteiger partial charge in [0.25, 0.3) is 0 Å². The molecule has 2 aromatic carbocycles. The van der Waals surface area contributed by atoms with Gasteiger partial charge in [-0.05, 0) is 35.4 Å². The summed E-state index contributed by atoms with van der Waals surface area (Å²) < 4.78 is 1.72. The molecular weight excluding hydrogens is 489 g/mol. The molecule has 23 heavy (non-hydrogen) atoms. The second-order valence-electron chi connectivity index (χ2n) is 3.59. The Bertz CT molecular complexity index is 546. The number of hydrogen-bond acceptors (Lipinski definition) is 4. The van der Waals surface area contributed by atoms with Crippen LogP contribution >= 0.6 is 31.9 Å². The average molecular weight is 503 g/mol. The minimum Gasteiger partial charge on any atom is -0.545 e. The van der Waals surface area contributed by atoms with Gasteiger partial charge in [-0.2, -0.15) is 0 Å². The second-order valence-corrected chi connectivity index (χ2v) is 5.42. The summed E-state index contributed by atoms with van der Waals surface area (Å²) in [5.74, 6) is -2.29. The summed E-state index contributed by atoms with van der Waals surface area (Å²) in [5.41, 5.74) is 0.395.